The number of hydrogen-bond donors (Lipinski definition) is 1. The number of aliphatic imine (C=N–C) groups is 1. The fraction of sp³-hybridized carbons (Fsp3) is 0. The minimum absolute atomic E-state index is 0. The Morgan fingerprint density at radius 3 is 2.05 bits per heavy atom. The molecule has 0 aliphatic heterocycles. The Hall–Kier alpha value is -2.09. The summed E-state index contributed by atoms with van der Waals surface area (Å²) in [6.45, 7) is 0. The first-order chi connectivity index (χ1) is 9.34. The van der Waals surface area contributed by atoms with Gasteiger partial charge in [0.2, 0.25) is 0 Å². The minimum atomic E-state index is 0. The number of hydrogen-bond acceptors (Lipinski definition) is 2. The summed E-state index contributed by atoms with van der Waals surface area (Å²) in [7, 11) is 0. The van der Waals surface area contributed by atoms with Gasteiger partial charge in [0, 0.05) is 5.69 Å². The van der Waals surface area contributed by atoms with E-state index in [1.807, 2.05) is 85.1 Å². The Morgan fingerprint density at radius 1 is 0.950 bits per heavy atom. The van der Waals surface area contributed by atoms with Crippen molar-refractivity contribution in [2.75, 3.05) is 5.73 Å². The first-order valence-corrected chi connectivity index (χ1v) is 6.12. The van der Waals surface area contributed by atoms with Gasteiger partial charge in [-0.15, -0.1) is 5.56 Å². The summed E-state index contributed by atoms with van der Waals surface area (Å²) < 4.78 is 0. The molecule has 0 bridgehead atoms. The number of benzene rings is 1. The van der Waals surface area contributed by atoms with Crippen LogP contribution in [0, 0.1) is 0 Å². The van der Waals surface area contributed by atoms with Crippen molar-refractivity contribution in [3.8, 4) is 0 Å². The van der Waals surface area contributed by atoms with Gasteiger partial charge in [-0.05, 0) is 30.5 Å². The van der Waals surface area contributed by atoms with Crippen LogP contribution in [-0.4, -0.2) is 6.21 Å². The summed E-state index contributed by atoms with van der Waals surface area (Å²) in [5.41, 5.74) is 8.36. The molecule has 0 atom stereocenters. The van der Waals surface area contributed by atoms with E-state index in [-0.39, 0.29) is 17.1 Å². The molecule has 2 N–H and O–H groups in total. The van der Waals surface area contributed by atoms with Crippen LogP contribution in [0.3, 0.4) is 0 Å². The SMILES string of the molecule is Nc1ccc(N=C[c-]2cccc2)cc1.[Fe+2].c1cc[cH-]c1. The molecular formula is C17H16FeN2. The van der Waals surface area contributed by atoms with Crippen LogP contribution in [0.25, 0.3) is 0 Å². The van der Waals surface area contributed by atoms with Crippen molar-refractivity contribution in [2.45, 2.75) is 0 Å². The van der Waals surface area contributed by atoms with Crippen LogP contribution in [0.5, 0.6) is 0 Å². The first-order valence-electron chi connectivity index (χ1n) is 6.12. The second-order valence-corrected chi connectivity index (χ2v) is 4.03. The first kappa shape index (κ1) is 16.0. The number of nitrogens with two attached hydrogens (primary N) is 1. The van der Waals surface area contributed by atoms with Crippen LogP contribution >= 0.6 is 0 Å². The van der Waals surface area contributed by atoms with Crippen LogP contribution in [0.15, 0.2) is 83.9 Å². The van der Waals surface area contributed by atoms with Gasteiger partial charge in [0.1, 0.15) is 0 Å². The van der Waals surface area contributed by atoms with Crippen LogP contribution in [-0.2, 0) is 17.1 Å². The molecule has 0 amide bonds. The summed E-state index contributed by atoms with van der Waals surface area (Å²) in [5, 5.41) is 0. The van der Waals surface area contributed by atoms with Crippen molar-refractivity contribution in [3.63, 3.8) is 0 Å². The van der Waals surface area contributed by atoms with Gasteiger partial charge in [-0.2, -0.15) is 30.3 Å². The standard InChI is InChI=1S/C12H11N2.C5H5.Fe/c13-11-5-7-12(8-6-11)14-9-10-3-1-2-4-10;1-2-4-5-3-1;/h1-9H,13H2;1-5H;/q2*-1;+2. The molecule has 0 spiro atoms. The third kappa shape index (κ3) is 5.70. The normalized spacial score (nSPS) is 9.60. The summed E-state index contributed by atoms with van der Waals surface area (Å²) in [4.78, 5) is 4.31. The van der Waals surface area contributed by atoms with E-state index < -0.39 is 0 Å². The Balaban J connectivity index is 0.000000283. The zero-order valence-electron chi connectivity index (χ0n) is 11.0. The van der Waals surface area contributed by atoms with Gasteiger partial charge in [-0.3, -0.25) is 4.99 Å². The molecule has 2 nitrogen and oxygen atoms in total. The maximum absolute atomic E-state index is 5.57. The number of rotatable bonds is 2. The largest absolute Gasteiger partial charge is 2.00 e. The number of nitrogen functional groups attached to an aromatic ring is 1. The molecule has 0 saturated carbocycles. The third-order valence-corrected chi connectivity index (χ3v) is 2.50. The van der Waals surface area contributed by atoms with Gasteiger partial charge in [0.05, 0.1) is 5.69 Å². The Kier molecular flexibility index (Phi) is 7.12. The smallest absolute Gasteiger partial charge is 0.399 e. The molecule has 3 aromatic carbocycles. The fourth-order valence-corrected chi connectivity index (χ4v) is 1.51. The van der Waals surface area contributed by atoms with Gasteiger partial charge in [-0.25, -0.2) is 24.3 Å². The second-order valence-electron chi connectivity index (χ2n) is 4.03. The molecule has 0 radical (unpaired) electrons. The van der Waals surface area contributed by atoms with E-state index in [2.05, 4.69) is 4.99 Å². The van der Waals surface area contributed by atoms with Crippen molar-refractivity contribution in [2.24, 2.45) is 4.99 Å². The predicted octanol–water partition coefficient (Wildman–Crippen LogP) is 4.14. The van der Waals surface area contributed by atoms with Crippen LogP contribution in [0.4, 0.5) is 11.4 Å². The van der Waals surface area contributed by atoms with Crippen LogP contribution in [0.1, 0.15) is 5.56 Å². The summed E-state index contributed by atoms with van der Waals surface area (Å²) >= 11 is 0. The van der Waals surface area contributed by atoms with E-state index in [9.17, 15) is 0 Å². The summed E-state index contributed by atoms with van der Waals surface area (Å²) in [6, 6.07) is 25.5. The Labute approximate surface area is 130 Å². The Bertz CT molecular complexity index is 561. The zero-order chi connectivity index (χ0) is 13.3. The van der Waals surface area contributed by atoms with Crippen molar-refractivity contribution < 1.29 is 17.1 Å². The van der Waals surface area contributed by atoms with E-state index in [0.29, 0.717) is 0 Å². The molecule has 3 rings (SSSR count). The Morgan fingerprint density at radius 2 is 1.55 bits per heavy atom. The van der Waals surface area contributed by atoms with Gasteiger partial charge in [0.15, 0.2) is 0 Å². The van der Waals surface area contributed by atoms with E-state index in [1.54, 1.807) is 0 Å². The molecule has 0 unspecified atom stereocenters. The molecule has 0 heterocycles. The van der Waals surface area contributed by atoms with Gasteiger partial charge in [-0.1, -0.05) is 0 Å². The fourth-order valence-electron chi connectivity index (χ4n) is 1.51. The minimum Gasteiger partial charge on any atom is -0.399 e. The van der Waals surface area contributed by atoms with Crippen molar-refractivity contribution in [1.82, 2.24) is 0 Å². The summed E-state index contributed by atoms with van der Waals surface area (Å²) in [6.07, 6.45) is 1.84. The predicted molar refractivity (Wildman–Crippen MR) is 82.2 cm³/mol. The van der Waals surface area contributed by atoms with Gasteiger partial charge < -0.3 is 5.73 Å². The van der Waals surface area contributed by atoms with E-state index in [4.69, 9.17) is 5.73 Å². The average Bonchev–Trinajstić information content (AvgIpc) is 3.14. The molecular weight excluding hydrogens is 288 g/mol. The van der Waals surface area contributed by atoms with Crippen LogP contribution < -0.4 is 5.73 Å². The molecule has 0 aliphatic rings. The summed E-state index contributed by atoms with van der Waals surface area (Å²) in [5.74, 6) is 0. The van der Waals surface area contributed by atoms with Crippen molar-refractivity contribution in [1.29, 1.82) is 0 Å². The molecule has 0 aliphatic carbocycles. The topological polar surface area (TPSA) is 38.4 Å². The maximum Gasteiger partial charge on any atom is 2.00 e. The van der Waals surface area contributed by atoms with Crippen LogP contribution in [0.2, 0.25) is 0 Å². The van der Waals surface area contributed by atoms with E-state index in [1.165, 1.54) is 0 Å². The average molecular weight is 304 g/mol. The zero-order valence-corrected chi connectivity index (χ0v) is 12.1. The van der Waals surface area contributed by atoms with Crippen molar-refractivity contribution >= 4 is 17.6 Å². The molecule has 0 fully saturated rings. The second kappa shape index (κ2) is 8.92. The molecule has 3 heteroatoms. The third-order valence-electron chi connectivity index (χ3n) is 2.50. The van der Waals surface area contributed by atoms with E-state index >= 15 is 0 Å². The van der Waals surface area contributed by atoms with E-state index in [0.717, 1.165) is 16.9 Å². The number of nitrogens with zero attached hydrogens (tertiary/aromatic N) is 1. The molecule has 0 saturated heterocycles. The quantitative estimate of drug-likeness (QED) is 0.328. The molecule has 20 heavy (non-hydrogen) atoms. The molecule has 3 aromatic rings. The molecule has 102 valence electrons. The van der Waals surface area contributed by atoms with Crippen molar-refractivity contribution in [3.05, 3.63) is 84.4 Å². The monoisotopic (exact) mass is 304 g/mol. The van der Waals surface area contributed by atoms with Gasteiger partial charge >= 0.3 is 17.1 Å². The van der Waals surface area contributed by atoms with Gasteiger partial charge in [0.25, 0.3) is 0 Å². The maximum atomic E-state index is 5.57. The molecule has 0 aromatic heterocycles. The number of anilines is 1.